The number of amides is 1. The fraction of sp³-hybridized carbons (Fsp3) is 0.111. The van der Waals surface area contributed by atoms with Crippen LogP contribution in [0.5, 0.6) is 5.75 Å². The Kier molecular flexibility index (Phi) is 5.61. The van der Waals surface area contributed by atoms with Crippen LogP contribution in [-0.2, 0) is 24.4 Å². The number of halogens is 2. The van der Waals surface area contributed by atoms with Crippen molar-refractivity contribution in [3.05, 3.63) is 94.6 Å². The Balaban J connectivity index is 1.38. The molecule has 3 aromatic heterocycles. The van der Waals surface area contributed by atoms with Crippen molar-refractivity contribution >= 4 is 27.3 Å². The number of benzene rings is 2. The van der Waals surface area contributed by atoms with Gasteiger partial charge in [-0.1, -0.05) is 12.1 Å². The first kappa shape index (κ1) is 22.2. The van der Waals surface area contributed by atoms with Gasteiger partial charge in [0, 0.05) is 29.1 Å². The van der Waals surface area contributed by atoms with Gasteiger partial charge in [-0.2, -0.15) is 0 Å². The van der Waals surface area contributed by atoms with Gasteiger partial charge in [0.25, 0.3) is 0 Å². The van der Waals surface area contributed by atoms with Crippen molar-refractivity contribution in [1.29, 1.82) is 0 Å². The van der Waals surface area contributed by atoms with E-state index in [2.05, 4.69) is 20.5 Å². The number of fused-ring (bicyclic) bond motifs is 2. The number of nitrogens with one attached hydrogen (secondary N) is 1. The molecule has 0 saturated carbocycles. The normalized spacial score (nSPS) is 12.9. The second kappa shape index (κ2) is 9.09. The molecule has 9 heteroatoms. The molecular formula is C27H18F2N4O2S. The lowest BCUT2D eigenvalue weighted by atomic mass is 9.96. The molecule has 36 heavy (non-hydrogen) atoms. The summed E-state index contributed by atoms with van der Waals surface area (Å²) in [5.41, 5.74) is 5.40. The number of hydrogen-bond donors (Lipinski definition) is 1. The Morgan fingerprint density at radius 2 is 1.81 bits per heavy atom. The van der Waals surface area contributed by atoms with Crippen molar-refractivity contribution in [3.8, 4) is 28.3 Å². The van der Waals surface area contributed by atoms with E-state index in [9.17, 15) is 13.6 Å². The molecule has 4 heterocycles. The van der Waals surface area contributed by atoms with E-state index in [1.807, 2.05) is 29.6 Å². The van der Waals surface area contributed by atoms with Crippen LogP contribution in [0.3, 0.4) is 0 Å². The van der Waals surface area contributed by atoms with Crippen LogP contribution in [0.4, 0.5) is 8.78 Å². The maximum atomic E-state index is 14.1. The summed E-state index contributed by atoms with van der Waals surface area (Å²) in [5.74, 6) is -0.576. The topological polar surface area (TPSA) is 77.0 Å². The van der Waals surface area contributed by atoms with Crippen molar-refractivity contribution in [2.45, 2.75) is 19.6 Å². The van der Waals surface area contributed by atoms with Crippen molar-refractivity contribution in [1.82, 2.24) is 20.5 Å². The van der Waals surface area contributed by atoms with E-state index in [0.29, 0.717) is 35.7 Å². The van der Waals surface area contributed by atoms with E-state index >= 15 is 0 Å². The van der Waals surface area contributed by atoms with Gasteiger partial charge in [-0.15, -0.1) is 21.5 Å². The molecule has 0 aliphatic carbocycles. The number of thiophene rings is 1. The average molecular weight is 501 g/mol. The standard InChI is InChI=1S/C27H18F2N4O2S/c28-18-4-6-21(23(11-18)35-14-20-5-3-19(29)13-30-20)26-27-22(7-8-36-27)25(32-33-26)16-2-1-15-10-24(34)31-12-17(15)9-16/h1-9,11,13H,10,12,14H2,(H,31,34). The van der Waals surface area contributed by atoms with Crippen molar-refractivity contribution in [2.24, 2.45) is 0 Å². The molecule has 0 fully saturated rings. The van der Waals surface area contributed by atoms with Gasteiger partial charge in [-0.25, -0.2) is 8.78 Å². The summed E-state index contributed by atoms with van der Waals surface area (Å²) in [5, 5.41) is 14.8. The third-order valence-electron chi connectivity index (χ3n) is 6.06. The van der Waals surface area contributed by atoms with Gasteiger partial charge in [-0.05, 0) is 52.9 Å². The zero-order chi connectivity index (χ0) is 24.6. The van der Waals surface area contributed by atoms with Crippen LogP contribution >= 0.6 is 11.3 Å². The van der Waals surface area contributed by atoms with Crippen molar-refractivity contribution in [3.63, 3.8) is 0 Å². The summed E-state index contributed by atoms with van der Waals surface area (Å²) >= 11 is 1.51. The minimum Gasteiger partial charge on any atom is -0.486 e. The third kappa shape index (κ3) is 4.18. The number of hydrogen-bond acceptors (Lipinski definition) is 6. The Morgan fingerprint density at radius 1 is 0.944 bits per heavy atom. The number of rotatable bonds is 5. The van der Waals surface area contributed by atoms with Gasteiger partial charge in [0.05, 0.1) is 23.0 Å². The zero-order valence-electron chi connectivity index (χ0n) is 18.8. The fourth-order valence-electron chi connectivity index (χ4n) is 4.26. The first-order valence-electron chi connectivity index (χ1n) is 11.2. The van der Waals surface area contributed by atoms with E-state index in [0.717, 1.165) is 38.7 Å². The van der Waals surface area contributed by atoms with Gasteiger partial charge in [0.15, 0.2) is 0 Å². The molecule has 0 atom stereocenters. The van der Waals surface area contributed by atoms with Crippen LogP contribution in [0.2, 0.25) is 0 Å². The van der Waals surface area contributed by atoms with Crippen LogP contribution in [-0.4, -0.2) is 21.1 Å². The Hall–Kier alpha value is -4.24. The number of aromatic nitrogens is 3. The van der Waals surface area contributed by atoms with Gasteiger partial charge in [0.2, 0.25) is 5.91 Å². The van der Waals surface area contributed by atoms with Gasteiger partial charge < -0.3 is 10.1 Å². The lowest BCUT2D eigenvalue weighted by Gasteiger charge is -2.17. The lowest BCUT2D eigenvalue weighted by molar-refractivity contribution is -0.121. The largest absolute Gasteiger partial charge is 0.486 e. The molecule has 0 spiro atoms. The van der Waals surface area contributed by atoms with Gasteiger partial charge in [-0.3, -0.25) is 9.78 Å². The van der Waals surface area contributed by atoms with Crippen molar-refractivity contribution < 1.29 is 18.3 Å². The smallest absolute Gasteiger partial charge is 0.224 e. The van der Waals surface area contributed by atoms with Crippen LogP contribution in [0, 0.1) is 11.6 Å². The summed E-state index contributed by atoms with van der Waals surface area (Å²) in [6.07, 6.45) is 1.48. The molecule has 6 nitrogen and oxygen atoms in total. The summed E-state index contributed by atoms with van der Waals surface area (Å²) in [4.78, 5) is 15.7. The first-order valence-corrected chi connectivity index (χ1v) is 12.1. The van der Waals surface area contributed by atoms with Crippen LogP contribution in [0.25, 0.3) is 32.6 Å². The highest BCUT2D eigenvalue weighted by molar-refractivity contribution is 7.17. The minimum atomic E-state index is -0.450. The SMILES string of the molecule is O=C1Cc2ccc(-c3nnc(-c4ccc(F)cc4OCc4ccc(F)cn4)c4sccc34)cc2CN1. The molecule has 6 rings (SSSR count). The summed E-state index contributed by atoms with van der Waals surface area (Å²) in [6.45, 7) is 0.529. The molecule has 1 N–H and O–H groups in total. The van der Waals surface area contributed by atoms with E-state index in [1.54, 1.807) is 6.07 Å². The number of nitrogens with zero attached hydrogens (tertiary/aromatic N) is 3. The summed E-state index contributed by atoms with van der Waals surface area (Å²) < 4.78 is 34.1. The summed E-state index contributed by atoms with van der Waals surface area (Å²) in [7, 11) is 0. The zero-order valence-corrected chi connectivity index (χ0v) is 19.6. The third-order valence-corrected chi connectivity index (χ3v) is 6.98. The predicted molar refractivity (Wildman–Crippen MR) is 132 cm³/mol. The van der Waals surface area contributed by atoms with E-state index in [1.165, 1.54) is 35.6 Å². The molecule has 1 aliphatic heterocycles. The average Bonchev–Trinajstić information content (AvgIpc) is 3.38. The molecule has 0 radical (unpaired) electrons. The Bertz CT molecular complexity index is 1620. The van der Waals surface area contributed by atoms with Crippen LogP contribution in [0.1, 0.15) is 16.8 Å². The first-order chi connectivity index (χ1) is 17.5. The Labute approximate surface area is 208 Å². The quantitative estimate of drug-likeness (QED) is 0.347. The fourth-order valence-corrected chi connectivity index (χ4v) is 5.16. The molecule has 1 amide bonds. The summed E-state index contributed by atoms with van der Waals surface area (Å²) in [6, 6.07) is 15.0. The second-order valence-electron chi connectivity index (χ2n) is 8.39. The molecule has 2 aromatic carbocycles. The Morgan fingerprint density at radius 3 is 2.67 bits per heavy atom. The molecular weight excluding hydrogens is 482 g/mol. The van der Waals surface area contributed by atoms with E-state index in [-0.39, 0.29) is 12.5 Å². The monoisotopic (exact) mass is 500 g/mol. The minimum absolute atomic E-state index is 0.0205. The molecule has 178 valence electrons. The molecule has 1 aliphatic rings. The molecule has 0 unspecified atom stereocenters. The van der Waals surface area contributed by atoms with Crippen molar-refractivity contribution in [2.75, 3.05) is 0 Å². The van der Waals surface area contributed by atoms with Crippen LogP contribution < -0.4 is 10.1 Å². The van der Waals surface area contributed by atoms with Gasteiger partial charge >= 0.3 is 0 Å². The second-order valence-corrected chi connectivity index (χ2v) is 9.31. The molecule has 0 bridgehead atoms. The van der Waals surface area contributed by atoms with Crippen LogP contribution in [0.15, 0.2) is 66.2 Å². The number of carbonyl (C=O) groups excluding carboxylic acids is 1. The number of ether oxygens (including phenoxy) is 1. The highest BCUT2D eigenvalue weighted by atomic mass is 32.1. The molecule has 0 saturated heterocycles. The highest BCUT2D eigenvalue weighted by Gasteiger charge is 2.20. The van der Waals surface area contributed by atoms with E-state index in [4.69, 9.17) is 4.74 Å². The highest BCUT2D eigenvalue weighted by Crippen LogP contribution is 2.39. The molecule has 5 aromatic rings. The lowest BCUT2D eigenvalue weighted by Crippen LogP contribution is -2.30. The van der Waals surface area contributed by atoms with E-state index < -0.39 is 11.6 Å². The number of pyridine rings is 1. The predicted octanol–water partition coefficient (Wildman–Crippen LogP) is 5.45. The number of carbonyl (C=O) groups is 1. The maximum Gasteiger partial charge on any atom is 0.224 e. The van der Waals surface area contributed by atoms with Gasteiger partial charge in [0.1, 0.15) is 35.4 Å². The maximum absolute atomic E-state index is 14.1.